The monoisotopic (exact) mass is 876 g/mol. The van der Waals surface area contributed by atoms with Crippen molar-refractivity contribution in [2.24, 2.45) is 0 Å². The van der Waals surface area contributed by atoms with E-state index in [1.807, 2.05) is 93.6 Å². The minimum Gasteiger partial charge on any atom is -0.347 e. The number of nitrogens with one attached hydrogen (secondary N) is 3. The van der Waals surface area contributed by atoms with Gasteiger partial charge in [-0.15, -0.1) is 0 Å². The zero-order chi connectivity index (χ0) is 45.0. The Bertz CT molecular complexity index is 1550. The second kappa shape index (κ2) is 30.3. The maximum absolute atomic E-state index is 15.1. The topological polar surface area (TPSA) is 132 Å². The lowest BCUT2D eigenvalue weighted by atomic mass is 10.1. The number of hydrogen-bond acceptors (Lipinski definition) is 7. The van der Waals surface area contributed by atoms with Gasteiger partial charge in [0.05, 0.1) is 37.9 Å². The summed E-state index contributed by atoms with van der Waals surface area (Å²) in [7, 11) is -4.46. The number of carbonyl (C=O) groups is 3. The van der Waals surface area contributed by atoms with Gasteiger partial charge in [-0.3, -0.25) is 28.0 Å². The molecule has 0 radical (unpaired) electrons. The largest absolute Gasteiger partial charge is 0.475 e. The highest BCUT2D eigenvalue weighted by molar-refractivity contribution is 7.48. The lowest BCUT2D eigenvalue weighted by molar-refractivity contribution is -0.122. The molecule has 10 nitrogen and oxygen atoms in total. The molecule has 3 rings (SSSR count). The van der Waals surface area contributed by atoms with Gasteiger partial charge < -0.3 is 16.0 Å². The predicted molar refractivity (Wildman–Crippen MR) is 252 cm³/mol. The number of amides is 3. The molecule has 3 N–H and O–H groups in total. The summed E-state index contributed by atoms with van der Waals surface area (Å²) >= 11 is 0. The maximum atomic E-state index is 15.1. The van der Waals surface area contributed by atoms with E-state index in [0.717, 1.165) is 130 Å². The maximum Gasteiger partial charge on any atom is 0.475 e. The summed E-state index contributed by atoms with van der Waals surface area (Å²) in [4.78, 5) is 40.0. The summed E-state index contributed by atoms with van der Waals surface area (Å²) in [6, 6.07) is 21.4. The van der Waals surface area contributed by atoms with Crippen molar-refractivity contribution in [3.8, 4) is 0 Å². The molecule has 0 saturated carbocycles. The fraction of sp³-hybridized carbons (Fsp3) is 0.588. The van der Waals surface area contributed by atoms with Gasteiger partial charge in [0.1, 0.15) is 0 Å². The first-order valence-corrected chi connectivity index (χ1v) is 25.0. The summed E-state index contributed by atoms with van der Waals surface area (Å²) < 4.78 is 33.7. The van der Waals surface area contributed by atoms with Crippen LogP contribution in [-0.4, -0.2) is 37.5 Å². The molecule has 3 aromatic rings. The van der Waals surface area contributed by atoms with Crippen molar-refractivity contribution in [3.63, 3.8) is 0 Å². The van der Waals surface area contributed by atoms with Crippen molar-refractivity contribution in [1.82, 2.24) is 16.0 Å². The Hall–Kier alpha value is -3.82. The Morgan fingerprint density at radius 3 is 0.903 bits per heavy atom. The van der Waals surface area contributed by atoms with Crippen LogP contribution in [-0.2, 0) is 32.5 Å². The van der Waals surface area contributed by atoms with Crippen LogP contribution < -0.4 is 16.0 Å². The Balaban J connectivity index is 1.91. The van der Waals surface area contributed by atoms with Crippen LogP contribution in [0.2, 0.25) is 0 Å². The van der Waals surface area contributed by atoms with Crippen molar-refractivity contribution in [2.45, 2.75) is 175 Å². The van der Waals surface area contributed by atoms with Crippen LogP contribution in [0, 0.1) is 20.8 Å². The second-order valence-corrected chi connectivity index (χ2v) is 18.6. The Morgan fingerprint density at radius 2 is 0.661 bits per heavy atom. The van der Waals surface area contributed by atoms with Gasteiger partial charge in [-0.2, -0.15) is 0 Å². The lowest BCUT2D eigenvalue weighted by Crippen LogP contribution is -2.33. The Morgan fingerprint density at radius 1 is 0.419 bits per heavy atom. The van der Waals surface area contributed by atoms with E-state index in [4.69, 9.17) is 13.6 Å². The van der Waals surface area contributed by atoms with Gasteiger partial charge in [-0.05, 0) is 56.7 Å². The standard InChI is InChI=1S/C51H78N3O7P/c1-7-10-13-16-19-22-49(55)52-46(43-31-25-40(4)26-32-43)37-59-62(58,60-38-47(44-33-27-41(5)28-34-44)53-50(56)23-20-17-14-11-8-2)61-39-48(45-35-29-42(6)30-36-45)54-51(57)24-21-18-15-12-9-3/h25-36,46-48H,7-24,37-39H2,1-6H3,(H,52,55)(H,53,56)(H,54,57). The number of benzene rings is 3. The van der Waals surface area contributed by atoms with Crippen LogP contribution in [0.5, 0.6) is 0 Å². The lowest BCUT2D eigenvalue weighted by Gasteiger charge is -2.27. The third-order valence-electron chi connectivity index (χ3n) is 11.2. The van der Waals surface area contributed by atoms with Crippen LogP contribution in [0.1, 0.15) is 188 Å². The summed E-state index contributed by atoms with van der Waals surface area (Å²) in [5.41, 5.74) is 5.53. The van der Waals surface area contributed by atoms with Crippen molar-refractivity contribution in [3.05, 3.63) is 106 Å². The molecule has 0 saturated heterocycles. The van der Waals surface area contributed by atoms with Gasteiger partial charge in [0.2, 0.25) is 17.7 Å². The normalized spacial score (nSPS) is 13.8. The average molecular weight is 876 g/mol. The number of unbranched alkanes of at least 4 members (excludes halogenated alkanes) is 12. The van der Waals surface area contributed by atoms with Gasteiger partial charge in [-0.25, -0.2) is 4.57 Å². The van der Waals surface area contributed by atoms with E-state index >= 15 is 4.57 Å². The van der Waals surface area contributed by atoms with Gasteiger partial charge in [0, 0.05) is 19.3 Å². The summed E-state index contributed by atoms with van der Waals surface area (Å²) in [6.07, 6.45) is 16.3. The SMILES string of the molecule is CCCCCCCC(=O)NC(COP(=O)(OCC(NC(=O)CCCCCCC)c1ccc(C)cc1)OCC(NC(=O)CCCCCCC)c1ccc(C)cc1)c1ccc(C)cc1. The van der Waals surface area contributed by atoms with E-state index in [1.165, 1.54) is 0 Å². The molecule has 62 heavy (non-hydrogen) atoms. The van der Waals surface area contributed by atoms with Crippen LogP contribution >= 0.6 is 7.82 Å². The highest BCUT2D eigenvalue weighted by Crippen LogP contribution is 2.51. The fourth-order valence-electron chi connectivity index (χ4n) is 7.14. The zero-order valence-electron chi connectivity index (χ0n) is 38.8. The second-order valence-electron chi connectivity index (χ2n) is 16.9. The molecule has 0 aliphatic carbocycles. The fourth-order valence-corrected chi connectivity index (χ4v) is 8.35. The molecule has 0 fully saturated rings. The molecule has 0 aliphatic rings. The molecule has 344 valence electrons. The Kier molecular flexibility index (Phi) is 25.7. The van der Waals surface area contributed by atoms with E-state index in [1.54, 1.807) is 0 Å². The first-order chi connectivity index (χ1) is 29.9. The predicted octanol–water partition coefficient (Wildman–Crippen LogP) is 12.7. The van der Waals surface area contributed by atoms with Crippen molar-refractivity contribution >= 4 is 25.5 Å². The third-order valence-corrected chi connectivity index (χ3v) is 12.6. The molecule has 0 heterocycles. The molecule has 3 atom stereocenters. The minimum atomic E-state index is -4.46. The van der Waals surface area contributed by atoms with Crippen LogP contribution in [0.3, 0.4) is 0 Å². The van der Waals surface area contributed by atoms with Gasteiger partial charge in [-0.1, -0.05) is 187 Å². The first-order valence-electron chi connectivity index (χ1n) is 23.6. The molecule has 11 heteroatoms. The summed E-state index contributed by atoms with van der Waals surface area (Å²) in [6.45, 7) is 11.8. The highest BCUT2D eigenvalue weighted by atomic mass is 31.2. The van der Waals surface area contributed by atoms with Gasteiger partial charge in [0.15, 0.2) is 0 Å². The molecule has 3 aromatic carbocycles. The van der Waals surface area contributed by atoms with E-state index < -0.39 is 25.9 Å². The number of rotatable bonds is 33. The molecular weight excluding hydrogens is 798 g/mol. The zero-order valence-corrected chi connectivity index (χ0v) is 39.7. The highest BCUT2D eigenvalue weighted by Gasteiger charge is 2.33. The number of phosphoric ester groups is 1. The molecule has 3 amide bonds. The molecule has 0 spiro atoms. The van der Waals surface area contributed by atoms with Crippen LogP contribution in [0.15, 0.2) is 72.8 Å². The minimum absolute atomic E-state index is 0.124. The van der Waals surface area contributed by atoms with E-state index in [-0.39, 0.29) is 37.5 Å². The Labute approximate surface area is 374 Å². The van der Waals surface area contributed by atoms with Crippen LogP contribution in [0.25, 0.3) is 0 Å². The van der Waals surface area contributed by atoms with E-state index in [9.17, 15) is 14.4 Å². The number of phosphoric acid groups is 1. The van der Waals surface area contributed by atoms with Gasteiger partial charge >= 0.3 is 7.82 Å². The first kappa shape index (κ1) is 52.5. The summed E-state index contributed by atoms with van der Waals surface area (Å²) in [5, 5.41) is 9.34. The average Bonchev–Trinajstić information content (AvgIpc) is 3.26. The molecule has 0 aliphatic heterocycles. The van der Waals surface area contributed by atoms with Gasteiger partial charge in [0.25, 0.3) is 0 Å². The summed E-state index contributed by atoms with van der Waals surface area (Å²) in [5.74, 6) is -0.372. The third kappa shape index (κ3) is 21.5. The smallest absolute Gasteiger partial charge is 0.347 e. The number of hydrogen-bond donors (Lipinski definition) is 3. The quantitative estimate of drug-likeness (QED) is 0.0410. The van der Waals surface area contributed by atoms with E-state index in [0.29, 0.717) is 19.3 Å². The van der Waals surface area contributed by atoms with Crippen molar-refractivity contribution < 1.29 is 32.5 Å². The molecule has 3 unspecified atom stereocenters. The number of carbonyl (C=O) groups excluding carboxylic acids is 3. The van der Waals surface area contributed by atoms with Crippen LogP contribution in [0.4, 0.5) is 0 Å². The van der Waals surface area contributed by atoms with Crippen molar-refractivity contribution in [2.75, 3.05) is 19.8 Å². The molecule has 0 bridgehead atoms. The molecule has 0 aromatic heterocycles. The molecular formula is C51H78N3O7P. The number of aryl methyl sites for hydroxylation is 3. The van der Waals surface area contributed by atoms with E-state index in [2.05, 4.69) is 36.7 Å². The van der Waals surface area contributed by atoms with Crippen molar-refractivity contribution in [1.29, 1.82) is 0 Å².